The van der Waals surface area contributed by atoms with E-state index < -0.39 is 5.79 Å². The third-order valence-corrected chi connectivity index (χ3v) is 1.45. The van der Waals surface area contributed by atoms with Gasteiger partial charge in [-0.15, -0.1) is 0 Å². The van der Waals surface area contributed by atoms with Gasteiger partial charge in [0.2, 0.25) is 0 Å². The van der Waals surface area contributed by atoms with E-state index in [0.29, 0.717) is 10.5 Å². The van der Waals surface area contributed by atoms with Crippen LogP contribution >= 0.6 is 0 Å². The van der Waals surface area contributed by atoms with E-state index in [1.54, 1.807) is 20.8 Å². The number of hydrogen-bond donors (Lipinski definition) is 1. The molecule has 0 heterocycles. The lowest BCUT2D eigenvalue weighted by Crippen LogP contribution is -2.29. The van der Waals surface area contributed by atoms with E-state index >= 15 is 0 Å². The van der Waals surface area contributed by atoms with Crippen LogP contribution in [0.15, 0.2) is 0 Å². The zero-order valence-electron chi connectivity index (χ0n) is 6.34. The van der Waals surface area contributed by atoms with E-state index in [2.05, 4.69) is 0 Å². The van der Waals surface area contributed by atoms with Crippen molar-refractivity contribution in [2.45, 2.75) is 32.8 Å². The molecule has 0 aromatic heterocycles. The van der Waals surface area contributed by atoms with E-state index in [1.165, 1.54) is 0 Å². The summed E-state index contributed by atoms with van der Waals surface area (Å²) < 4.78 is 9.84. The minimum absolute atomic E-state index is 0.295. The van der Waals surface area contributed by atoms with Crippen LogP contribution in [0.1, 0.15) is 20.8 Å². The molecule has 0 radical (unpaired) electrons. The molecule has 0 aliphatic heterocycles. The van der Waals surface area contributed by atoms with Crippen molar-refractivity contribution < 1.29 is 14.3 Å². The molecular formula is C5H14O3Si. The van der Waals surface area contributed by atoms with Crippen LogP contribution in [-0.2, 0) is 9.16 Å². The predicted molar refractivity (Wildman–Crippen MR) is 37.9 cm³/mol. The minimum atomic E-state index is -1.08. The van der Waals surface area contributed by atoms with Crippen LogP contribution < -0.4 is 0 Å². The topological polar surface area (TPSA) is 38.7 Å². The molecule has 3 nitrogen and oxygen atoms in total. The Bertz CT molecular complexity index is 78.8. The van der Waals surface area contributed by atoms with Gasteiger partial charge in [-0.05, 0) is 20.8 Å². The molecule has 0 fully saturated rings. The second-order valence-corrected chi connectivity index (χ2v) is 2.84. The highest BCUT2D eigenvalue weighted by Crippen LogP contribution is 2.06. The summed E-state index contributed by atoms with van der Waals surface area (Å²) in [6.07, 6.45) is -0.295. The quantitative estimate of drug-likeness (QED) is 0.430. The average Bonchev–Trinajstić information content (AvgIpc) is 1.62. The van der Waals surface area contributed by atoms with Crippen LogP contribution in [0.25, 0.3) is 0 Å². The van der Waals surface area contributed by atoms with Gasteiger partial charge in [0.05, 0.1) is 0 Å². The average molecular weight is 150 g/mol. The second kappa shape index (κ2) is 3.31. The lowest BCUT2D eigenvalue weighted by Gasteiger charge is -2.22. The molecule has 0 bridgehead atoms. The third-order valence-electron chi connectivity index (χ3n) is 0.786. The van der Waals surface area contributed by atoms with Gasteiger partial charge >= 0.3 is 0 Å². The van der Waals surface area contributed by atoms with Crippen molar-refractivity contribution in [2.75, 3.05) is 0 Å². The van der Waals surface area contributed by atoms with Gasteiger partial charge in [-0.3, -0.25) is 0 Å². The molecule has 0 aliphatic rings. The van der Waals surface area contributed by atoms with Crippen LogP contribution in [0.5, 0.6) is 0 Å². The SMILES string of the molecule is CC(O[SiH3])OC(C)(C)O. The molecule has 0 rings (SSSR count). The van der Waals surface area contributed by atoms with E-state index in [9.17, 15) is 0 Å². The lowest BCUT2D eigenvalue weighted by atomic mass is 10.4. The Hall–Kier alpha value is 0.0969. The Morgan fingerprint density at radius 1 is 1.56 bits per heavy atom. The zero-order valence-corrected chi connectivity index (χ0v) is 8.34. The fraction of sp³-hybridized carbons (Fsp3) is 1.00. The highest BCUT2D eigenvalue weighted by Gasteiger charge is 2.15. The van der Waals surface area contributed by atoms with Gasteiger partial charge < -0.3 is 14.3 Å². The molecule has 0 saturated heterocycles. The van der Waals surface area contributed by atoms with Gasteiger partial charge in [0, 0.05) is 0 Å². The van der Waals surface area contributed by atoms with Crippen molar-refractivity contribution in [3.05, 3.63) is 0 Å². The molecule has 1 atom stereocenters. The molecule has 1 unspecified atom stereocenters. The number of aliphatic hydroxyl groups is 1. The highest BCUT2D eigenvalue weighted by molar-refractivity contribution is 5.98. The van der Waals surface area contributed by atoms with Gasteiger partial charge in [0.1, 0.15) is 16.8 Å². The summed E-state index contributed by atoms with van der Waals surface area (Å²) in [4.78, 5) is 0. The third kappa shape index (κ3) is 5.98. The van der Waals surface area contributed by atoms with Gasteiger partial charge in [-0.2, -0.15) is 0 Å². The van der Waals surface area contributed by atoms with Crippen LogP contribution in [0, 0.1) is 0 Å². The number of rotatable bonds is 3. The minimum Gasteiger partial charge on any atom is -0.404 e. The van der Waals surface area contributed by atoms with Crippen molar-refractivity contribution in [1.29, 1.82) is 0 Å². The molecule has 56 valence electrons. The monoisotopic (exact) mass is 150 g/mol. The molecule has 0 aliphatic carbocycles. The summed E-state index contributed by atoms with van der Waals surface area (Å²) in [5.41, 5.74) is 0. The van der Waals surface area contributed by atoms with Crippen LogP contribution in [0.3, 0.4) is 0 Å². The van der Waals surface area contributed by atoms with Crippen molar-refractivity contribution in [3.8, 4) is 0 Å². The Morgan fingerprint density at radius 2 is 2.00 bits per heavy atom. The molecule has 0 saturated carbocycles. The van der Waals surface area contributed by atoms with Crippen LogP contribution in [-0.4, -0.2) is 27.7 Å². The summed E-state index contributed by atoms with van der Waals surface area (Å²) in [5, 5.41) is 9.03. The number of hydrogen-bond acceptors (Lipinski definition) is 3. The fourth-order valence-electron chi connectivity index (χ4n) is 0.454. The summed E-state index contributed by atoms with van der Waals surface area (Å²) in [7, 11) is 0.630. The molecular weight excluding hydrogens is 136 g/mol. The molecule has 1 N–H and O–H groups in total. The van der Waals surface area contributed by atoms with E-state index in [1.807, 2.05) is 0 Å². The van der Waals surface area contributed by atoms with Gasteiger partial charge in [0.25, 0.3) is 0 Å². The van der Waals surface area contributed by atoms with Crippen LogP contribution in [0.4, 0.5) is 0 Å². The maximum atomic E-state index is 9.03. The first-order chi connectivity index (χ1) is 3.95. The Kier molecular flexibility index (Phi) is 3.35. The second-order valence-electron chi connectivity index (χ2n) is 2.37. The summed E-state index contributed by atoms with van der Waals surface area (Å²) >= 11 is 0. The first kappa shape index (κ1) is 9.10. The molecule has 9 heavy (non-hydrogen) atoms. The maximum absolute atomic E-state index is 9.03. The Morgan fingerprint density at radius 3 is 2.11 bits per heavy atom. The first-order valence-electron chi connectivity index (χ1n) is 2.88. The normalized spacial score (nSPS) is 16.0. The van der Waals surface area contributed by atoms with Crippen molar-refractivity contribution in [2.24, 2.45) is 0 Å². The Balaban J connectivity index is 3.47. The van der Waals surface area contributed by atoms with Crippen molar-refractivity contribution >= 4 is 10.5 Å². The van der Waals surface area contributed by atoms with Crippen molar-refractivity contribution in [3.63, 3.8) is 0 Å². The maximum Gasteiger partial charge on any atom is 0.162 e. The lowest BCUT2D eigenvalue weighted by molar-refractivity contribution is -0.244. The summed E-state index contributed by atoms with van der Waals surface area (Å²) in [5.74, 6) is -1.08. The number of ether oxygens (including phenoxy) is 1. The van der Waals surface area contributed by atoms with E-state index in [4.69, 9.17) is 14.3 Å². The standard InChI is InChI=1S/C5H14O3Si/c1-4(8-9)7-5(2,3)6/h4,6H,1-3,9H3. The van der Waals surface area contributed by atoms with E-state index in [-0.39, 0.29) is 6.29 Å². The Labute approximate surface area is 58.5 Å². The molecule has 0 aromatic rings. The molecule has 0 spiro atoms. The fourth-order valence-corrected chi connectivity index (χ4v) is 0.550. The summed E-state index contributed by atoms with van der Waals surface area (Å²) in [6, 6.07) is 0. The molecule has 0 amide bonds. The van der Waals surface area contributed by atoms with Gasteiger partial charge in [-0.1, -0.05) is 0 Å². The predicted octanol–water partition coefficient (Wildman–Crippen LogP) is -0.626. The van der Waals surface area contributed by atoms with Crippen LogP contribution in [0.2, 0.25) is 0 Å². The zero-order chi connectivity index (χ0) is 7.49. The van der Waals surface area contributed by atoms with Gasteiger partial charge in [-0.25, -0.2) is 0 Å². The first-order valence-corrected chi connectivity index (χ1v) is 3.70. The highest BCUT2D eigenvalue weighted by atomic mass is 28.2. The molecule has 4 heteroatoms. The van der Waals surface area contributed by atoms with E-state index in [0.717, 1.165) is 0 Å². The van der Waals surface area contributed by atoms with Crippen molar-refractivity contribution in [1.82, 2.24) is 0 Å². The smallest absolute Gasteiger partial charge is 0.162 e. The van der Waals surface area contributed by atoms with Gasteiger partial charge in [0.15, 0.2) is 5.79 Å². The molecule has 0 aromatic carbocycles. The largest absolute Gasteiger partial charge is 0.404 e. The summed E-state index contributed by atoms with van der Waals surface area (Å²) in [6.45, 7) is 4.90.